The molecule has 1 aromatic heterocycles. The molecule has 0 radical (unpaired) electrons. The Hall–Kier alpha value is -3.23. The molecular formula is C15H17N5O4. The van der Waals surface area contributed by atoms with E-state index in [0.29, 0.717) is 12.1 Å². The molecule has 1 aromatic carbocycles. The summed E-state index contributed by atoms with van der Waals surface area (Å²) in [6.45, 7) is 1.94. The van der Waals surface area contributed by atoms with Gasteiger partial charge < -0.3 is 11.1 Å². The molecule has 9 heteroatoms. The topological polar surface area (TPSA) is 133 Å². The molecule has 9 nitrogen and oxygen atoms in total. The molecule has 0 aliphatic heterocycles. The number of non-ortho nitro benzene ring substituents is 1. The van der Waals surface area contributed by atoms with Crippen LogP contribution < -0.4 is 11.1 Å². The van der Waals surface area contributed by atoms with Crippen molar-refractivity contribution in [3.63, 3.8) is 0 Å². The third-order valence-electron chi connectivity index (χ3n) is 3.40. The maximum Gasteiger partial charge on any atom is 0.270 e. The number of nitrogens with two attached hydrogens (primary N) is 1. The zero-order valence-electron chi connectivity index (χ0n) is 13.3. The lowest BCUT2D eigenvalue weighted by Gasteiger charge is -2.07. The Balaban J connectivity index is 2.39. The number of aromatic nitrogens is 2. The van der Waals surface area contributed by atoms with Crippen molar-refractivity contribution >= 4 is 23.2 Å². The summed E-state index contributed by atoms with van der Waals surface area (Å²) in [4.78, 5) is 34.3. The maximum atomic E-state index is 12.4. The fraction of sp³-hybridized carbons (Fsp3) is 0.267. The number of aryl methyl sites for hydroxylation is 2. The van der Waals surface area contributed by atoms with Crippen LogP contribution >= 0.6 is 0 Å². The minimum Gasteiger partial charge on any atom is -0.364 e. The van der Waals surface area contributed by atoms with Gasteiger partial charge in [0.1, 0.15) is 5.69 Å². The van der Waals surface area contributed by atoms with E-state index in [1.165, 1.54) is 22.9 Å². The molecule has 3 N–H and O–H groups in total. The molecule has 0 aliphatic rings. The lowest BCUT2D eigenvalue weighted by Crippen LogP contribution is -2.20. The van der Waals surface area contributed by atoms with Crippen LogP contribution in [0.15, 0.2) is 24.3 Å². The number of nitro benzene ring substituents is 1. The third-order valence-corrected chi connectivity index (χ3v) is 3.40. The molecule has 126 valence electrons. The molecule has 0 bridgehead atoms. The van der Waals surface area contributed by atoms with E-state index in [2.05, 4.69) is 10.4 Å². The lowest BCUT2D eigenvalue weighted by molar-refractivity contribution is -0.384. The first-order chi connectivity index (χ1) is 11.3. The summed E-state index contributed by atoms with van der Waals surface area (Å²) in [5.74, 6) is -1.30. The van der Waals surface area contributed by atoms with E-state index in [9.17, 15) is 19.7 Å². The smallest absolute Gasteiger partial charge is 0.270 e. The van der Waals surface area contributed by atoms with Crippen molar-refractivity contribution < 1.29 is 14.5 Å². The summed E-state index contributed by atoms with van der Waals surface area (Å²) in [6, 6.07) is 5.31. The van der Waals surface area contributed by atoms with E-state index in [0.717, 1.165) is 12.5 Å². The van der Waals surface area contributed by atoms with E-state index >= 15 is 0 Å². The van der Waals surface area contributed by atoms with Crippen LogP contribution in [0.2, 0.25) is 0 Å². The number of rotatable bonds is 6. The van der Waals surface area contributed by atoms with Crippen LogP contribution in [-0.2, 0) is 13.5 Å². The van der Waals surface area contributed by atoms with Gasteiger partial charge >= 0.3 is 0 Å². The van der Waals surface area contributed by atoms with Crippen molar-refractivity contribution in [2.24, 2.45) is 12.8 Å². The Morgan fingerprint density at radius 2 is 2.12 bits per heavy atom. The molecule has 24 heavy (non-hydrogen) atoms. The van der Waals surface area contributed by atoms with Gasteiger partial charge in [0.25, 0.3) is 17.5 Å². The predicted molar refractivity (Wildman–Crippen MR) is 86.8 cm³/mol. The lowest BCUT2D eigenvalue weighted by atomic mass is 10.1. The van der Waals surface area contributed by atoms with Gasteiger partial charge in [-0.3, -0.25) is 24.4 Å². The van der Waals surface area contributed by atoms with E-state index < -0.39 is 16.7 Å². The summed E-state index contributed by atoms with van der Waals surface area (Å²) in [7, 11) is 1.56. The monoisotopic (exact) mass is 331 g/mol. The van der Waals surface area contributed by atoms with Crippen LogP contribution in [0.5, 0.6) is 0 Å². The molecular weight excluding hydrogens is 314 g/mol. The number of nitrogens with zero attached hydrogens (tertiary/aromatic N) is 3. The van der Waals surface area contributed by atoms with Gasteiger partial charge in [-0.15, -0.1) is 0 Å². The normalized spacial score (nSPS) is 10.4. The first-order valence-electron chi connectivity index (χ1n) is 7.26. The van der Waals surface area contributed by atoms with Crippen molar-refractivity contribution in [2.45, 2.75) is 19.8 Å². The minimum atomic E-state index is -0.721. The second kappa shape index (κ2) is 6.90. The van der Waals surface area contributed by atoms with Crippen molar-refractivity contribution in [2.75, 3.05) is 5.32 Å². The van der Waals surface area contributed by atoms with Crippen molar-refractivity contribution in [1.29, 1.82) is 0 Å². The number of anilines is 1. The fourth-order valence-corrected chi connectivity index (χ4v) is 2.35. The Morgan fingerprint density at radius 3 is 2.71 bits per heavy atom. The number of nitro groups is 1. The molecule has 2 rings (SSSR count). The fourth-order valence-electron chi connectivity index (χ4n) is 2.35. The summed E-state index contributed by atoms with van der Waals surface area (Å²) < 4.78 is 1.32. The van der Waals surface area contributed by atoms with E-state index in [1.807, 2.05) is 6.92 Å². The second-order valence-corrected chi connectivity index (χ2v) is 5.17. The number of nitrogens with one attached hydrogen (secondary N) is 1. The van der Waals surface area contributed by atoms with Crippen LogP contribution in [0, 0.1) is 10.1 Å². The molecule has 0 atom stereocenters. The summed E-state index contributed by atoms with van der Waals surface area (Å²) >= 11 is 0. The summed E-state index contributed by atoms with van der Waals surface area (Å²) in [5.41, 5.74) is 6.12. The average molecular weight is 331 g/mol. The Labute approximate surface area is 137 Å². The Kier molecular flexibility index (Phi) is 4.93. The molecule has 0 saturated heterocycles. The molecule has 0 aliphatic carbocycles. The Morgan fingerprint density at radius 1 is 1.42 bits per heavy atom. The van der Waals surface area contributed by atoms with Crippen LogP contribution in [0.3, 0.4) is 0 Å². The second-order valence-electron chi connectivity index (χ2n) is 5.17. The van der Waals surface area contributed by atoms with Gasteiger partial charge in [-0.25, -0.2) is 0 Å². The molecule has 2 aromatic rings. The third kappa shape index (κ3) is 3.40. The number of carbonyl (C=O) groups excluding carboxylic acids is 2. The van der Waals surface area contributed by atoms with Gasteiger partial charge in [0.15, 0.2) is 0 Å². The number of hydrogen-bond donors (Lipinski definition) is 2. The van der Waals surface area contributed by atoms with Crippen LogP contribution in [0.4, 0.5) is 11.4 Å². The van der Waals surface area contributed by atoms with Gasteiger partial charge in [-0.2, -0.15) is 5.10 Å². The molecule has 0 fully saturated rings. The number of carbonyl (C=O) groups is 2. The van der Waals surface area contributed by atoms with Gasteiger partial charge in [0.2, 0.25) is 0 Å². The van der Waals surface area contributed by atoms with E-state index in [4.69, 9.17) is 5.73 Å². The molecule has 0 spiro atoms. The average Bonchev–Trinajstić information content (AvgIpc) is 2.83. The van der Waals surface area contributed by atoms with Gasteiger partial charge in [0.05, 0.1) is 16.3 Å². The highest BCUT2D eigenvalue weighted by atomic mass is 16.6. The van der Waals surface area contributed by atoms with Crippen LogP contribution in [0.25, 0.3) is 0 Å². The molecule has 2 amide bonds. The van der Waals surface area contributed by atoms with E-state index in [1.54, 1.807) is 7.05 Å². The van der Waals surface area contributed by atoms with Gasteiger partial charge in [0, 0.05) is 24.7 Å². The zero-order chi connectivity index (χ0) is 17.9. The van der Waals surface area contributed by atoms with Gasteiger partial charge in [-0.05, 0) is 12.5 Å². The maximum absolute atomic E-state index is 12.4. The van der Waals surface area contributed by atoms with Crippen molar-refractivity contribution in [3.8, 4) is 0 Å². The van der Waals surface area contributed by atoms with Crippen molar-refractivity contribution in [1.82, 2.24) is 9.78 Å². The Bertz CT molecular complexity index is 812. The summed E-state index contributed by atoms with van der Waals surface area (Å²) in [6.07, 6.45) is 1.31. The number of amides is 2. The van der Waals surface area contributed by atoms with E-state index in [-0.39, 0.29) is 22.6 Å². The van der Waals surface area contributed by atoms with Crippen LogP contribution in [0.1, 0.15) is 39.9 Å². The van der Waals surface area contributed by atoms with Gasteiger partial charge in [-0.1, -0.05) is 19.4 Å². The van der Waals surface area contributed by atoms with Crippen molar-refractivity contribution in [3.05, 3.63) is 51.3 Å². The highest BCUT2D eigenvalue weighted by Crippen LogP contribution is 2.23. The first kappa shape index (κ1) is 17.1. The zero-order valence-corrected chi connectivity index (χ0v) is 13.3. The van der Waals surface area contributed by atoms with Crippen LogP contribution in [-0.4, -0.2) is 26.5 Å². The SMILES string of the molecule is CCCc1nn(C)c(C(N)=O)c1NC(=O)c1cccc([N+](=O)[O-])c1. The highest BCUT2D eigenvalue weighted by molar-refractivity contribution is 6.08. The quantitative estimate of drug-likeness (QED) is 0.613. The number of benzene rings is 1. The number of primary amides is 1. The predicted octanol–water partition coefficient (Wildman–Crippen LogP) is 1.63. The standard InChI is InChI=1S/C15H17N5O4/c1-3-5-11-12(13(14(16)21)19(2)18-11)17-15(22)9-6-4-7-10(8-9)20(23)24/h4,6-8H,3,5H2,1-2H3,(H2,16,21)(H,17,22). The largest absolute Gasteiger partial charge is 0.364 e. The minimum absolute atomic E-state index is 0.0808. The first-order valence-corrected chi connectivity index (χ1v) is 7.26. The summed E-state index contributed by atoms with van der Waals surface area (Å²) in [5, 5.41) is 17.6. The highest BCUT2D eigenvalue weighted by Gasteiger charge is 2.22. The molecule has 0 unspecified atom stereocenters. The molecule has 0 saturated carbocycles. The number of hydrogen-bond acceptors (Lipinski definition) is 5. The molecule has 1 heterocycles.